The van der Waals surface area contributed by atoms with Crippen molar-refractivity contribution < 1.29 is 9.52 Å². The number of nitrogens with two attached hydrogens (primary N) is 1. The second-order valence-corrected chi connectivity index (χ2v) is 5.66. The second-order valence-electron chi connectivity index (χ2n) is 4.07. The Labute approximate surface area is 101 Å². The van der Waals surface area contributed by atoms with E-state index in [-0.39, 0.29) is 23.1 Å². The lowest BCUT2D eigenvalue weighted by Crippen LogP contribution is -2.27. The zero-order valence-electron chi connectivity index (χ0n) is 10.1. The van der Waals surface area contributed by atoms with Gasteiger partial charge in [-0.3, -0.25) is 0 Å². The van der Waals surface area contributed by atoms with Crippen molar-refractivity contribution in [2.75, 3.05) is 6.61 Å². The van der Waals surface area contributed by atoms with Crippen LogP contribution in [0.2, 0.25) is 0 Å². The summed E-state index contributed by atoms with van der Waals surface area (Å²) in [5.74, 6) is 1.82. The molecule has 0 fully saturated rings. The number of rotatable bonds is 6. The van der Waals surface area contributed by atoms with Crippen LogP contribution < -0.4 is 5.73 Å². The number of aryl methyl sites for hydroxylation is 1. The Kier molecular flexibility index (Phi) is 5.38. The number of thioether (sulfide) groups is 1. The molecule has 4 heteroatoms. The van der Waals surface area contributed by atoms with E-state index < -0.39 is 0 Å². The van der Waals surface area contributed by atoms with Gasteiger partial charge < -0.3 is 15.3 Å². The van der Waals surface area contributed by atoms with Gasteiger partial charge in [0.15, 0.2) is 0 Å². The Hall–Kier alpha value is -0.450. The van der Waals surface area contributed by atoms with E-state index in [9.17, 15) is 0 Å². The monoisotopic (exact) mass is 243 g/mol. The number of hydrogen-bond donors (Lipinski definition) is 2. The molecule has 1 aromatic heterocycles. The molecule has 3 nitrogen and oxygen atoms in total. The molecule has 0 aliphatic heterocycles. The molecule has 3 N–H and O–H groups in total. The van der Waals surface area contributed by atoms with Crippen molar-refractivity contribution in [1.82, 2.24) is 0 Å². The van der Waals surface area contributed by atoms with Crippen molar-refractivity contribution >= 4 is 11.8 Å². The summed E-state index contributed by atoms with van der Waals surface area (Å²) in [6.07, 6.45) is 0.898. The van der Waals surface area contributed by atoms with Crippen LogP contribution >= 0.6 is 11.8 Å². The van der Waals surface area contributed by atoms with Gasteiger partial charge in [0.05, 0.1) is 11.9 Å². The van der Waals surface area contributed by atoms with Crippen LogP contribution in [0.3, 0.4) is 0 Å². The fourth-order valence-electron chi connectivity index (χ4n) is 1.49. The Balaban J connectivity index is 2.78. The van der Waals surface area contributed by atoms with Crippen molar-refractivity contribution in [2.24, 2.45) is 5.73 Å². The minimum absolute atomic E-state index is 0.0598. The molecule has 3 atom stereocenters. The maximum absolute atomic E-state index is 9.10. The topological polar surface area (TPSA) is 59.4 Å². The number of aliphatic hydroxyl groups is 1. The lowest BCUT2D eigenvalue weighted by atomic mass is 10.1. The lowest BCUT2D eigenvalue weighted by Gasteiger charge is -2.23. The van der Waals surface area contributed by atoms with Gasteiger partial charge in [0, 0.05) is 11.3 Å². The van der Waals surface area contributed by atoms with Crippen molar-refractivity contribution in [3.8, 4) is 0 Å². The molecule has 1 heterocycles. The van der Waals surface area contributed by atoms with Crippen LogP contribution in [0.4, 0.5) is 0 Å². The standard InChI is InChI=1S/C12H21NO2S/c1-4-10(13)12(16-9(3)7-14)11-6-5-8(2)15-11/h5-6,9-10,12,14H,4,7,13H2,1-3H3. The Morgan fingerprint density at radius 2 is 2.19 bits per heavy atom. The zero-order chi connectivity index (χ0) is 12.1. The summed E-state index contributed by atoms with van der Waals surface area (Å²) >= 11 is 1.68. The van der Waals surface area contributed by atoms with Crippen LogP contribution in [-0.2, 0) is 0 Å². The third-order valence-electron chi connectivity index (χ3n) is 2.54. The molecule has 1 rings (SSSR count). The summed E-state index contributed by atoms with van der Waals surface area (Å²) in [5, 5.41) is 9.40. The maximum Gasteiger partial charge on any atom is 0.118 e. The van der Waals surface area contributed by atoms with E-state index >= 15 is 0 Å². The van der Waals surface area contributed by atoms with Crippen LogP contribution in [-0.4, -0.2) is 23.0 Å². The van der Waals surface area contributed by atoms with Gasteiger partial charge in [-0.15, -0.1) is 11.8 Å². The van der Waals surface area contributed by atoms with Gasteiger partial charge in [0.1, 0.15) is 11.5 Å². The van der Waals surface area contributed by atoms with Crippen molar-refractivity contribution in [2.45, 2.75) is 43.7 Å². The van der Waals surface area contributed by atoms with Gasteiger partial charge in [-0.25, -0.2) is 0 Å². The molecule has 92 valence electrons. The van der Waals surface area contributed by atoms with Crippen LogP contribution in [0.5, 0.6) is 0 Å². The highest BCUT2D eigenvalue weighted by atomic mass is 32.2. The first-order valence-electron chi connectivity index (χ1n) is 5.66. The average molecular weight is 243 g/mol. The normalized spacial score (nSPS) is 17.1. The maximum atomic E-state index is 9.10. The molecule has 0 aliphatic carbocycles. The minimum atomic E-state index is 0.0598. The molecule has 16 heavy (non-hydrogen) atoms. The van der Waals surface area contributed by atoms with Gasteiger partial charge in [-0.05, 0) is 25.5 Å². The third-order valence-corrected chi connectivity index (χ3v) is 4.03. The Bertz CT molecular complexity index is 314. The molecule has 0 bridgehead atoms. The number of hydrogen-bond acceptors (Lipinski definition) is 4. The summed E-state index contributed by atoms with van der Waals surface area (Å²) in [6, 6.07) is 3.99. The van der Waals surface area contributed by atoms with E-state index in [1.165, 1.54) is 0 Å². The Morgan fingerprint density at radius 3 is 2.62 bits per heavy atom. The van der Waals surface area contributed by atoms with Gasteiger partial charge >= 0.3 is 0 Å². The highest BCUT2D eigenvalue weighted by molar-refractivity contribution is 8.00. The average Bonchev–Trinajstić information content (AvgIpc) is 2.71. The van der Waals surface area contributed by atoms with Crippen molar-refractivity contribution in [3.63, 3.8) is 0 Å². The van der Waals surface area contributed by atoms with Gasteiger partial charge in [0.25, 0.3) is 0 Å². The molecule has 0 saturated heterocycles. The predicted octanol–water partition coefficient (Wildman–Crippen LogP) is 2.48. The van der Waals surface area contributed by atoms with Crippen molar-refractivity contribution in [3.05, 3.63) is 23.7 Å². The second kappa shape index (κ2) is 6.33. The van der Waals surface area contributed by atoms with Crippen LogP contribution in [0, 0.1) is 6.92 Å². The van der Waals surface area contributed by atoms with E-state index in [0.29, 0.717) is 0 Å². The van der Waals surface area contributed by atoms with Crippen LogP contribution in [0.25, 0.3) is 0 Å². The highest BCUT2D eigenvalue weighted by Gasteiger charge is 2.24. The van der Waals surface area contributed by atoms with E-state index in [4.69, 9.17) is 15.3 Å². The molecule has 0 aromatic carbocycles. The van der Waals surface area contributed by atoms with E-state index in [0.717, 1.165) is 17.9 Å². The molecule has 0 spiro atoms. The molecule has 0 saturated carbocycles. The van der Waals surface area contributed by atoms with Crippen molar-refractivity contribution in [1.29, 1.82) is 0 Å². The smallest absolute Gasteiger partial charge is 0.118 e. The van der Waals surface area contributed by atoms with E-state index in [1.54, 1.807) is 11.8 Å². The van der Waals surface area contributed by atoms with Gasteiger partial charge in [0.2, 0.25) is 0 Å². The first kappa shape index (κ1) is 13.6. The summed E-state index contributed by atoms with van der Waals surface area (Å²) in [7, 11) is 0. The van der Waals surface area contributed by atoms with E-state index in [2.05, 4.69) is 6.92 Å². The minimum Gasteiger partial charge on any atom is -0.465 e. The van der Waals surface area contributed by atoms with Gasteiger partial charge in [-0.1, -0.05) is 13.8 Å². The summed E-state index contributed by atoms with van der Waals surface area (Å²) in [4.78, 5) is 0. The first-order chi connectivity index (χ1) is 7.58. The third kappa shape index (κ3) is 3.54. The first-order valence-corrected chi connectivity index (χ1v) is 6.61. The molecule has 0 radical (unpaired) electrons. The number of furan rings is 1. The molecular formula is C12H21NO2S. The fraction of sp³-hybridized carbons (Fsp3) is 0.667. The molecular weight excluding hydrogens is 222 g/mol. The SMILES string of the molecule is CCC(N)C(SC(C)CO)c1ccc(C)o1. The molecule has 1 aromatic rings. The van der Waals surface area contributed by atoms with E-state index in [1.807, 2.05) is 26.0 Å². The molecule has 0 amide bonds. The lowest BCUT2D eigenvalue weighted by molar-refractivity contribution is 0.299. The quantitative estimate of drug-likeness (QED) is 0.806. The summed E-state index contributed by atoms with van der Waals surface area (Å²) in [5.41, 5.74) is 6.10. The fourth-order valence-corrected chi connectivity index (χ4v) is 2.73. The van der Waals surface area contributed by atoms with Gasteiger partial charge in [-0.2, -0.15) is 0 Å². The number of aliphatic hydroxyl groups excluding tert-OH is 1. The summed E-state index contributed by atoms with van der Waals surface area (Å²) in [6.45, 7) is 6.16. The highest BCUT2D eigenvalue weighted by Crippen LogP contribution is 2.36. The summed E-state index contributed by atoms with van der Waals surface area (Å²) < 4.78 is 5.63. The predicted molar refractivity (Wildman–Crippen MR) is 68.6 cm³/mol. The Morgan fingerprint density at radius 1 is 1.50 bits per heavy atom. The van der Waals surface area contributed by atoms with Crippen LogP contribution in [0.1, 0.15) is 37.0 Å². The zero-order valence-corrected chi connectivity index (χ0v) is 11.0. The molecule has 0 aliphatic rings. The molecule has 3 unspecified atom stereocenters. The van der Waals surface area contributed by atoms with Crippen LogP contribution in [0.15, 0.2) is 16.5 Å². The largest absolute Gasteiger partial charge is 0.465 e.